The van der Waals surface area contributed by atoms with Gasteiger partial charge in [-0.1, -0.05) is 29.3 Å². The minimum absolute atomic E-state index is 0. The minimum atomic E-state index is -3.26. The fourth-order valence-electron chi connectivity index (χ4n) is 3.06. The number of sulfone groups is 1. The summed E-state index contributed by atoms with van der Waals surface area (Å²) in [5.74, 6) is 0.651. The van der Waals surface area contributed by atoms with Gasteiger partial charge in [-0.05, 0) is 37.5 Å². The molecule has 6 nitrogen and oxygen atoms in total. The van der Waals surface area contributed by atoms with Crippen LogP contribution in [0.1, 0.15) is 25.3 Å². The second-order valence-corrected chi connectivity index (χ2v) is 10.1. The van der Waals surface area contributed by atoms with E-state index in [4.69, 9.17) is 27.9 Å². The third-order valence-corrected chi connectivity index (χ3v) is 7.66. The zero-order valence-corrected chi connectivity index (χ0v) is 21.0. The van der Waals surface area contributed by atoms with Gasteiger partial charge in [-0.2, -0.15) is 0 Å². The van der Waals surface area contributed by atoms with E-state index in [9.17, 15) is 8.42 Å². The molecule has 0 aliphatic carbocycles. The highest BCUT2D eigenvalue weighted by Gasteiger charge is 2.42. The van der Waals surface area contributed by atoms with Gasteiger partial charge in [0.05, 0.1) is 21.3 Å². The molecule has 10 heteroatoms. The topological polar surface area (TPSA) is 71.0 Å². The van der Waals surface area contributed by atoms with Crippen molar-refractivity contribution in [2.45, 2.75) is 31.1 Å². The zero-order chi connectivity index (χ0) is 20.1. The molecule has 0 atom stereocenters. The second-order valence-electron chi connectivity index (χ2n) is 6.84. The minimum Gasteiger partial charge on any atom is -0.381 e. The van der Waals surface area contributed by atoms with Crippen LogP contribution < -0.4 is 5.32 Å². The first-order valence-electron chi connectivity index (χ1n) is 8.89. The van der Waals surface area contributed by atoms with Crippen LogP contribution in [-0.2, 0) is 21.1 Å². The van der Waals surface area contributed by atoms with Gasteiger partial charge in [-0.15, -0.1) is 24.0 Å². The normalized spacial score (nSPS) is 17.0. The van der Waals surface area contributed by atoms with Gasteiger partial charge in [-0.25, -0.2) is 8.42 Å². The highest BCUT2D eigenvalue weighted by molar-refractivity contribution is 14.0. The van der Waals surface area contributed by atoms with Crippen molar-refractivity contribution in [3.8, 4) is 0 Å². The molecule has 1 aromatic rings. The fourth-order valence-corrected chi connectivity index (χ4v) is 4.59. The summed E-state index contributed by atoms with van der Waals surface area (Å²) in [6.45, 7) is 4.32. The monoisotopic (exact) mass is 563 g/mol. The molecule has 1 N–H and O–H groups in total. The van der Waals surface area contributed by atoms with E-state index in [1.165, 1.54) is 6.26 Å². The fraction of sp³-hybridized carbons (Fsp3) is 0.611. The zero-order valence-electron chi connectivity index (χ0n) is 16.4. The summed E-state index contributed by atoms with van der Waals surface area (Å²) in [5.41, 5.74) is 0.987. The summed E-state index contributed by atoms with van der Waals surface area (Å²) in [6, 6.07) is 5.49. The first-order valence-corrected chi connectivity index (χ1v) is 11.5. The van der Waals surface area contributed by atoms with E-state index < -0.39 is 14.6 Å². The number of aliphatic imine (C=N–C) groups is 1. The van der Waals surface area contributed by atoms with E-state index in [2.05, 4.69) is 10.3 Å². The first kappa shape index (κ1) is 25.7. The van der Waals surface area contributed by atoms with Crippen molar-refractivity contribution >= 4 is 63.0 Å². The van der Waals surface area contributed by atoms with Crippen molar-refractivity contribution in [2.75, 3.05) is 39.6 Å². The van der Waals surface area contributed by atoms with E-state index in [1.807, 2.05) is 31.0 Å². The molecule has 0 saturated carbocycles. The molecule has 0 radical (unpaired) electrons. The quantitative estimate of drug-likeness (QED) is 0.325. The number of guanidine groups is 1. The molecule has 0 aromatic heterocycles. The van der Waals surface area contributed by atoms with Crippen LogP contribution in [0.15, 0.2) is 23.2 Å². The van der Waals surface area contributed by atoms with Gasteiger partial charge in [0, 0.05) is 39.6 Å². The van der Waals surface area contributed by atoms with Crippen LogP contribution in [0.2, 0.25) is 10.0 Å². The van der Waals surface area contributed by atoms with Crippen LogP contribution in [0.3, 0.4) is 0 Å². The van der Waals surface area contributed by atoms with E-state index in [0.717, 1.165) is 5.56 Å². The lowest BCUT2D eigenvalue weighted by Crippen LogP contribution is -2.47. The van der Waals surface area contributed by atoms with Crippen LogP contribution in [0.25, 0.3) is 0 Å². The molecular formula is C18H28Cl2IN3O3S. The maximum atomic E-state index is 12.4. The largest absolute Gasteiger partial charge is 0.381 e. The van der Waals surface area contributed by atoms with Crippen LogP contribution in [-0.4, -0.2) is 63.6 Å². The summed E-state index contributed by atoms with van der Waals surface area (Å²) < 4.78 is 29.3. The number of benzene rings is 1. The summed E-state index contributed by atoms with van der Waals surface area (Å²) in [6.07, 6.45) is 2.22. The molecule has 1 heterocycles. The standard InChI is InChI=1S/C18H27Cl2N3O3S.HI/c1-4-21-17(23(2)12-14-5-6-15(19)16(20)11-14)22-13-18(27(3,24)25)7-9-26-10-8-18;/h5-6,11H,4,7-10,12-13H2,1-3H3,(H,21,22);1H. The Morgan fingerprint density at radius 3 is 2.46 bits per heavy atom. The molecule has 2 rings (SSSR count). The molecule has 0 amide bonds. The highest BCUT2D eigenvalue weighted by Crippen LogP contribution is 2.30. The third-order valence-electron chi connectivity index (χ3n) is 4.81. The summed E-state index contributed by atoms with van der Waals surface area (Å²) in [4.78, 5) is 6.59. The maximum Gasteiger partial charge on any atom is 0.194 e. The molecule has 1 aliphatic heterocycles. The molecule has 0 bridgehead atoms. The Bertz CT molecular complexity index is 784. The molecule has 1 saturated heterocycles. The summed E-state index contributed by atoms with van der Waals surface area (Å²) in [5, 5.41) is 4.24. The van der Waals surface area contributed by atoms with Crippen molar-refractivity contribution < 1.29 is 13.2 Å². The molecule has 0 unspecified atom stereocenters. The van der Waals surface area contributed by atoms with Crippen LogP contribution in [0.4, 0.5) is 0 Å². The van der Waals surface area contributed by atoms with Crippen molar-refractivity contribution in [2.24, 2.45) is 4.99 Å². The number of rotatable bonds is 6. The van der Waals surface area contributed by atoms with Gasteiger partial charge in [0.25, 0.3) is 0 Å². The van der Waals surface area contributed by atoms with Crippen LogP contribution in [0.5, 0.6) is 0 Å². The van der Waals surface area contributed by atoms with Gasteiger partial charge in [0.2, 0.25) is 0 Å². The van der Waals surface area contributed by atoms with E-state index in [0.29, 0.717) is 55.1 Å². The Morgan fingerprint density at radius 1 is 1.29 bits per heavy atom. The second kappa shape index (κ2) is 11.2. The molecule has 1 aliphatic rings. The first-order chi connectivity index (χ1) is 12.7. The van der Waals surface area contributed by atoms with E-state index in [1.54, 1.807) is 6.07 Å². The van der Waals surface area contributed by atoms with E-state index in [-0.39, 0.29) is 30.5 Å². The molecule has 0 spiro atoms. The molecule has 1 aromatic carbocycles. The Balaban J connectivity index is 0.00000392. The number of nitrogens with zero attached hydrogens (tertiary/aromatic N) is 2. The summed E-state index contributed by atoms with van der Waals surface area (Å²) >= 11 is 12.1. The predicted octanol–water partition coefficient (Wildman–Crippen LogP) is 3.60. The lowest BCUT2D eigenvalue weighted by Gasteiger charge is -2.34. The molecule has 28 heavy (non-hydrogen) atoms. The number of ether oxygens (including phenoxy) is 1. The third kappa shape index (κ3) is 6.62. The van der Waals surface area contributed by atoms with Crippen molar-refractivity contribution in [1.82, 2.24) is 10.2 Å². The lowest BCUT2D eigenvalue weighted by molar-refractivity contribution is 0.0767. The molecule has 1 fully saturated rings. The predicted molar refractivity (Wildman–Crippen MR) is 127 cm³/mol. The molecular weight excluding hydrogens is 536 g/mol. The Kier molecular flexibility index (Phi) is 10.3. The smallest absolute Gasteiger partial charge is 0.194 e. The van der Waals surface area contributed by atoms with Gasteiger partial charge >= 0.3 is 0 Å². The average molecular weight is 564 g/mol. The van der Waals surface area contributed by atoms with Crippen LogP contribution in [0, 0.1) is 0 Å². The number of halogens is 3. The Labute approximate surface area is 194 Å². The summed E-state index contributed by atoms with van der Waals surface area (Å²) in [7, 11) is -1.35. The SMILES string of the molecule is CCNC(=NCC1(S(C)(=O)=O)CCOCC1)N(C)Cc1ccc(Cl)c(Cl)c1.I. The molecule has 160 valence electrons. The average Bonchev–Trinajstić information content (AvgIpc) is 2.61. The van der Waals surface area contributed by atoms with Crippen LogP contribution >= 0.6 is 47.2 Å². The Morgan fingerprint density at radius 2 is 1.93 bits per heavy atom. The van der Waals surface area contributed by atoms with Gasteiger partial charge in [-0.3, -0.25) is 4.99 Å². The van der Waals surface area contributed by atoms with Gasteiger partial charge in [0.15, 0.2) is 15.8 Å². The van der Waals surface area contributed by atoms with Gasteiger partial charge < -0.3 is 15.0 Å². The number of nitrogens with one attached hydrogen (secondary N) is 1. The maximum absolute atomic E-state index is 12.4. The van der Waals surface area contributed by atoms with Gasteiger partial charge in [0.1, 0.15) is 0 Å². The van der Waals surface area contributed by atoms with Crippen molar-refractivity contribution in [3.63, 3.8) is 0 Å². The highest BCUT2D eigenvalue weighted by atomic mass is 127. The van der Waals surface area contributed by atoms with Crippen molar-refractivity contribution in [1.29, 1.82) is 0 Å². The van der Waals surface area contributed by atoms with Crippen molar-refractivity contribution in [3.05, 3.63) is 33.8 Å². The Hall–Kier alpha value is -0.290. The lowest BCUT2D eigenvalue weighted by atomic mass is 9.99. The van der Waals surface area contributed by atoms with E-state index >= 15 is 0 Å². The number of hydrogen-bond donors (Lipinski definition) is 1. The number of hydrogen-bond acceptors (Lipinski definition) is 4.